The van der Waals surface area contributed by atoms with Gasteiger partial charge in [0, 0.05) is 18.9 Å². The Labute approximate surface area is 230 Å². The monoisotopic (exact) mass is 620 g/mol. The predicted molar refractivity (Wildman–Crippen MR) is 134 cm³/mol. The zero-order valence-corrected chi connectivity index (χ0v) is 23.5. The minimum atomic E-state index is -7.37. The third kappa shape index (κ3) is 13.0. The van der Waals surface area contributed by atoms with Gasteiger partial charge in [-0.25, -0.2) is 4.98 Å². The van der Waals surface area contributed by atoms with Gasteiger partial charge in [-0.3, -0.25) is 4.55 Å². The van der Waals surface area contributed by atoms with Crippen LogP contribution in [0.3, 0.4) is 0 Å². The van der Waals surface area contributed by atoms with Gasteiger partial charge in [-0.05, 0) is 6.42 Å². The molecule has 0 saturated heterocycles. The lowest BCUT2D eigenvalue weighted by Crippen LogP contribution is -2.63. The molecule has 1 heterocycles. The van der Waals surface area contributed by atoms with Gasteiger partial charge in [0.15, 0.2) is 0 Å². The van der Waals surface area contributed by atoms with Crippen LogP contribution in [0.1, 0.15) is 110 Å². The Bertz CT molecular complexity index is 879. The van der Waals surface area contributed by atoms with E-state index in [9.17, 15) is 47.9 Å². The van der Waals surface area contributed by atoms with Crippen molar-refractivity contribution in [1.29, 1.82) is 0 Å². The largest absolute Gasteiger partial charge is 0.460 e. The first kappa shape index (κ1) is 38.5. The predicted octanol–water partition coefficient (Wildman–Crippen LogP) is 9.44. The van der Waals surface area contributed by atoms with E-state index in [1.807, 2.05) is 12.5 Å². The van der Waals surface area contributed by atoms with Crippen LogP contribution in [0.15, 0.2) is 18.7 Å². The Hall–Kier alpha value is -1.51. The molecule has 15 heteroatoms. The summed E-state index contributed by atoms with van der Waals surface area (Å²) in [6.45, 7) is 3.43. The topological polar surface area (TPSA) is 72.2 Å². The zero-order valence-electron chi connectivity index (χ0n) is 22.7. The molecule has 5 nitrogen and oxygen atoms in total. The summed E-state index contributed by atoms with van der Waals surface area (Å²) in [4.78, 5) is 4.08. The van der Waals surface area contributed by atoms with Crippen LogP contribution in [0.2, 0.25) is 0 Å². The molecule has 0 spiro atoms. The lowest BCUT2D eigenvalue weighted by molar-refractivity contribution is -0.382. The molecule has 0 radical (unpaired) electrons. The van der Waals surface area contributed by atoms with Gasteiger partial charge in [-0.15, -0.1) is 0 Å². The molecular formula is C25H41F9N2O3S. The molecule has 1 aromatic rings. The molecule has 0 aromatic carbocycles. The Morgan fingerprint density at radius 3 is 1.32 bits per heavy atom. The first-order valence-corrected chi connectivity index (χ1v) is 15.0. The number of hydrogen-bond acceptors (Lipinski definition) is 3. The molecule has 0 atom stereocenters. The zero-order chi connectivity index (χ0) is 30.9. The van der Waals surface area contributed by atoms with Gasteiger partial charge in [0.2, 0.25) is 0 Å². The van der Waals surface area contributed by atoms with Crippen LogP contribution in [0, 0.1) is 0 Å². The lowest BCUT2D eigenvalue weighted by Gasteiger charge is -2.31. The molecule has 1 rings (SSSR count). The number of imidazole rings is 1. The number of alkyl halides is 9. The van der Waals surface area contributed by atoms with Gasteiger partial charge in [-0.2, -0.15) is 47.9 Å². The average molecular weight is 621 g/mol. The lowest BCUT2D eigenvalue weighted by atomic mass is 10.0. The summed E-state index contributed by atoms with van der Waals surface area (Å²) < 4.78 is 136. The highest BCUT2D eigenvalue weighted by Gasteiger charge is 2.85. The molecule has 40 heavy (non-hydrogen) atoms. The number of rotatable bonds is 20. The van der Waals surface area contributed by atoms with Crippen molar-refractivity contribution in [2.45, 2.75) is 139 Å². The summed E-state index contributed by atoms with van der Waals surface area (Å²) in [7, 11) is -7.17. The Kier molecular flexibility index (Phi) is 17.4. The number of nitrogens with zero attached hydrogens (tertiary/aromatic N) is 2. The number of unbranched alkanes of at least 4 members (excludes halogenated alkanes) is 15. The Balaban J connectivity index is 0.000000799. The van der Waals surface area contributed by atoms with Crippen molar-refractivity contribution in [3.63, 3.8) is 0 Å². The molecule has 0 saturated carbocycles. The number of aryl methyl sites for hydroxylation is 1. The molecule has 0 bridgehead atoms. The van der Waals surface area contributed by atoms with Crippen molar-refractivity contribution in [3.8, 4) is 0 Å². The van der Waals surface area contributed by atoms with Gasteiger partial charge in [0.1, 0.15) is 0 Å². The van der Waals surface area contributed by atoms with Crippen molar-refractivity contribution < 1.29 is 52.5 Å². The third-order valence-electron chi connectivity index (χ3n) is 6.27. The minimum absolute atomic E-state index is 1.14. The van der Waals surface area contributed by atoms with Gasteiger partial charge < -0.3 is 4.57 Å². The maximum Gasteiger partial charge on any atom is 0.460 e. The molecule has 0 aliphatic heterocycles. The molecule has 0 unspecified atom stereocenters. The van der Waals surface area contributed by atoms with Gasteiger partial charge in [0.25, 0.3) is 0 Å². The number of halogens is 9. The van der Waals surface area contributed by atoms with Crippen LogP contribution >= 0.6 is 0 Å². The first-order chi connectivity index (χ1) is 18.4. The summed E-state index contributed by atoms with van der Waals surface area (Å²) in [5, 5.41) is -7.00. The van der Waals surface area contributed by atoms with E-state index >= 15 is 0 Å². The van der Waals surface area contributed by atoms with E-state index < -0.39 is 33.4 Å². The van der Waals surface area contributed by atoms with Crippen molar-refractivity contribution >= 4 is 10.1 Å². The van der Waals surface area contributed by atoms with Crippen LogP contribution in [0.25, 0.3) is 0 Å². The Morgan fingerprint density at radius 1 is 0.650 bits per heavy atom. The summed E-state index contributed by atoms with van der Waals surface area (Å²) in [6, 6.07) is 0. The molecule has 0 fully saturated rings. The average Bonchev–Trinajstić information content (AvgIpc) is 3.36. The highest BCUT2D eigenvalue weighted by molar-refractivity contribution is 7.87. The summed E-state index contributed by atoms with van der Waals surface area (Å²) in [5.74, 6) is -14.7. The van der Waals surface area contributed by atoms with Crippen molar-refractivity contribution in [2.75, 3.05) is 0 Å². The fourth-order valence-electron chi connectivity index (χ4n) is 3.78. The fraction of sp³-hybridized carbons (Fsp3) is 0.880. The summed E-state index contributed by atoms with van der Waals surface area (Å²) in [5.41, 5.74) is 0. The van der Waals surface area contributed by atoms with Crippen molar-refractivity contribution in [2.24, 2.45) is 0 Å². The van der Waals surface area contributed by atoms with Gasteiger partial charge in [0.05, 0.1) is 6.33 Å². The molecule has 0 amide bonds. The molecule has 1 N–H and O–H groups in total. The molecule has 0 aliphatic rings. The van der Waals surface area contributed by atoms with E-state index in [-0.39, 0.29) is 0 Å². The van der Waals surface area contributed by atoms with E-state index in [4.69, 9.17) is 4.55 Å². The van der Waals surface area contributed by atoms with Crippen LogP contribution < -0.4 is 0 Å². The van der Waals surface area contributed by atoms with E-state index in [0.717, 1.165) is 6.54 Å². The molecular weight excluding hydrogens is 579 g/mol. The second-order valence-corrected chi connectivity index (χ2v) is 11.2. The SMILES string of the molecule is CCCCCCCCCCCCCCCCCCn1ccnc1.O=S(=O)(O)C(F)(F)C(F)(F)C(F)(F)C(F)(F)F. The third-order valence-corrected chi connectivity index (χ3v) is 7.17. The Morgan fingerprint density at radius 2 is 1.02 bits per heavy atom. The molecule has 1 aromatic heterocycles. The summed E-state index contributed by atoms with van der Waals surface area (Å²) >= 11 is 0. The van der Waals surface area contributed by atoms with Crippen molar-refractivity contribution in [1.82, 2.24) is 9.55 Å². The number of hydrogen-bond donors (Lipinski definition) is 1. The first-order valence-electron chi connectivity index (χ1n) is 13.6. The minimum Gasteiger partial charge on any atom is -0.337 e. The van der Waals surface area contributed by atoms with E-state index in [2.05, 4.69) is 22.7 Å². The second-order valence-electron chi connectivity index (χ2n) is 9.74. The molecule has 238 valence electrons. The number of aromatic nitrogens is 2. The summed E-state index contributed by atoms with van der Waals surface area (Å²) in [6.07, 6.45) is 21.7. The van der Waals surface area contributed by atoms with Crippen LogP contribution in [-0.4, -0.2) is 45.8 Å². The highest BCUT2D eigenvalue weighted by Crippen LogP contribution is 2.54. The maximum atomic E-state index is 12.2. The maximum absolute atomic E-state index is 12.2. The molecule has 0 aliphatic carbocycles. The quantitative estimate of drug-likeness (QED) is 0.0896. The fourth-order valence-corrected chi connectivity index (χ4v) is 4.24. The smallest absolute Gasteiger partial charge is 0.337 e. The second kappa shape index (κ2) is 18.1. The van der Waals surface area contributed by atoms with Crippen LogP contribution in [-0.2, 0) is 16.7 Å². The van der Waals surface area contributed by atoms with Crippen LogP contribution in [0.4, 0.5) is 39.5 Å². The van der Waals surface area contributed by atoms with E-state index in [1.54, 1.807) is 0 Å². The normalized spacial score (nSPS) is 13.3. The van der Waals surface area contributed by atoms with E-state index in [1.165, 1.54) is 103 Å². The van der Waals surface area contributed by atoms with Gasteiger partial charge >= 0.3 is 33.4 Å². The van der Waals surface area contributed by atoms with Crippen LogP contribution in [0.5, 0.6) is 0 Å². The van der Waals surface area contributed by atoms with Gasteiger partial charge in [-0.1, -0.05) is 103 Å². The van der Waals surface area contributed by atoms with Crippen molar-refractivity contribution in [3.05, 3.63) is 18.7 Å². The highest BCUT2D eigenvalue weighted by atomic mass is 32.2. The standard InChI is InChI=1S/C21H40N2.C4HF9O3S/c1-2-3-4-5-6-7-8-9-10-11-12-13-14-15-16-17-19-23-20-18-22-21-23;5-1(6,3(9,10)11)2(7,8)4(12,13)17(14,15)16/h18,20-21H,2-17,19H2,1H3;(H,14,15,16). The van der Waals surface area contributed by atoms with E-state index in [0.29, 0.717) is 0 Å².